The third-order valence-corrected chi connectivity index (χ3v) is 4.85. The van der Waals surface area contributed by atoms with E-state index in [-0.39, 0.29) is 0 Å². The van der Waals surface area contributed by atoms with Gasteiger partial charge in [0, 0.05) is 10.8 Å². The van der Waals surface area contributed by atoms with E-state index in [4.69, 9.17) is 37.6 Å². The third kappa shape index (κ3) is 4.50. The number of hydrogen-bond acceptors (Lipinski definition) is 6. The van der Waals surface area contributed by atoms with Gasteiger partial charge in [0.2, 0.25) is 0 Å². The van der Waals surface area contributed by atoms with Crippen molar-refractivity contribution >= 4 is 35.0 Å². The minimum absolute atomic E-state index is 0.340. The van der Waals surface area contributed by atoms with Crippen molar-refractivity contribution in [3.8, 4) is 11.8 Å². The van der Waals surface area contributed by atoms with Crippen molar-refractivity contribution in [1.82, 2.24) is 10.2 Å². The molecule has 0 aliphatic rings. The highest BCUT2D eigenvalue weighted by Gasteiger charge is 2.17. The third-order valence-electron chi connectivity index (χ3n) is 3.46. The van der Waals surface area contributed by atoms with Gasteiger partial charge >= 0.3 is 0 Å². The molecule has 1 aromatic heterocycles. The van der Waals surface area contributed by atoms with Crippen molar-refractivity contribution in [2.24, 2.45) is 0 Å². The van der Waals surface area contributed by atoms with E-state index in [1.165, 1.54) is 11.8 Å². The van der Waals surface area contributed by atoms with Gasteiger partial charge in [-0.05, 0) is 36.8 Å². The van der Waals surface area contributed by atoms with Crippen LogP contribution in [0.15, 0.2) is 52.1 Å². The van der Waals surface area contributed by atoms with Crippen LogP contribution in [0.4, 0.5) is 0 Å². The lowest BCUT2D eigenvalue weighted by Crippen LogP contribution is -2.03. The molecule has 0 aliphatic carbocycles. The highest BCUT2D eigenvalue weighted by Crippen LogP contribution is 2.32. The summed E-state index contributed by atoms with van der Waals surface area (Å²) in [5.74, 6) is 1.38. The lowest BCUT2D eigenvalue weighted by atomic mass is 10.1. The second kappa shape index (κ2) is 8.45. The van der Waals surface area contributed by atoms with Crippen LogP contribution in [-0.4, -0.2) is 10.2 Å². The second-order valence-corrected chi connectivity index (χ2v) is 7.07. The molecule has 0 N–H and O–H groups in total. The van der Waals surface area contributed by atoms with Crippen molar-refractivity contribution in [2.75, 3.05) is 0 Å². The Kier molecular flexibility index (Phi) is 6.04. The van der Waals surface area contributed by atoms with E-state index < -0.39 is 6.10 Å². The topological polar surface area (TPSA) is 71.9 Å². The maximum absolute atomic E-state index is 9.13. The molecule has 0 fully saturated rings. The zero-order chi connectivity index (χ0) is 18.5. The van der Waals surface area contributed by atoms with Gasteiger partial charge in [-0.1, -0.05) is 53.2 Å². The Hall–Kier alpha value is -2.20. The van der Waals surface area contributed by atoms with E-state index in [0.29, 0.717) is 38.2 Å². The van der Waals surface area contributed by atoms with Crippen LogP contribution in [0, 0.1) is 11.3 Å². The monoisotopic (exact) mass is 405 g/mol. The molecule has 2 aromatic carbocycles. The first kappa shape index (κ1) is 18.6. The number of benzene rings is 2. The van der Waals surface area contributed by atoms with Crippen LogP contribution in [0.25, 0.3) is 0 Å². The van der Waals surface area contributed by atoms with Gasteiger partial charge in [0.15, 0.2) is 6.10 Å². The van der Waals surface area contributed by atoms with Crippen LogP contribution in [0.3, 0.4) is 0 Å². The summed E-state index contributed by atoms with van der Waals surface area (Å²) in [6.07, 6.45) is -0.470. The van der Waals surface area contributed by atoms with Crippen molar-refractivity contribution < 1.29 is 9.15 Å². The quantitative estimate of drug-likeness (QED) is 0.491. The van der Waals surface area contributed by atoms with E-state index >= 15 is 0 Å². The van der Waals surface area contributed by atoms with Crippen LogP contribution in [0.2, 0.25) is 10.0 Å². The number of halogens is 2. The molecular formula is C18H13Cl2N3O2S. The molecule has 8 heteroatoms. The summed E-state index contributed by atoms with van der Waals surface area (Å²) < 4.78 is 11.4. The number of aromatic nitrogens is 2. The summed E-state index contributed by atoms with van der Waals surface area (Å²) in [6.45, 7) is 1.79. The number of thioether (sulfide) groups is 1. The molecule has 3 aromatic rings. The SMILES string of the molecule is C[C@@H](Oc1ccc(Cl)cc1Cl)c1nnc(SCc2ccccc2C#N)o1. The van der Waals surface area contributed by atoms with Gasteiger partial charge in [-0.3, -0.25) is 0 Å². The minimum Gasteiger partial charge on any atom is -0.479 e. The lowest BCUT2D eigenvalue weighted by Gasteiger charge is -2.12. The average molecular weight is 406 g/mol. The van der Waals surface area contributed by atoms with Crippen molar-refractivity contribution in [3.05, 3.63) is 69.5 Å². The summed E-state index contributed by atoms with van der Waals surface area (Å²) in [5, 5.41) is 18.5. The molecule has 5 nitrogen and oxygen atoms in total. The molecule has 1 atom stereocenters. The van der Waals surface area contributed by atoms with E-state index in [2.05, 4.69) is 16.3 Å². The number of nitrogens with zero attached hydrogens (tertiary/aromatic N) is 3. The summed E-state index contributed by atoms with van der Waals surface area (Å²) in [4.78, 5) is 0. The molecule has 26 heavy (non-hydrogen) atoms. The fourth-order valence-electron chi connectivity index (χ4n) is 2.15. The molecule has 1 heterocycles. The van der Waals surface area contributed by atoms with Crippen LogP contribution in [0.1, 0.15) is 30.0 Å². The first-order valence-corrected chi connectivity index (χ1v) is 9.37. The Morgan fingerprint density at radius 1 is 1.23 bits per heavy atom. The normalized spacial score (nSPS) is 11.8. The molecule has 0 unspecified atom stereocenters. The summed E-state index contributed by atoms with van der Waals surface area (Å²) in [6, 6.07) is 14.6. The van der Waals surface area contributed by atoms with E-state index in [1.54, 1.807) is 31.2 Å². The molecule has 0 bridgehead atoms. The van der Waals surface area contributed by atoms with Gasteiger partial charge in [0.05, 0.1) is 16.7 Å². The van der Waals surface area contributed by atoms with Gasteiger partial charge in [-0.15, -0.1) is 10.2 Å². The Morgan fingerprint density at radius 3 is 2.81 bits per heavy atom. The number of rotatable bonds is 6. The summed E-state index contributed by atoms with van der Waals surface area (Å²) >= 11 is 13.3. The van der Waals surface area contributed by atoms with Crippen molar-refractivity contribution in [3.63, 3.8) is 0 Å². The largest absolute Gasteiger partial charge is 0.479 e. The second-order valence-electron chi connectivity index (χ2n) is 5.30. The van der Waals surface area contributed by atoms with Gasteiger partial charge in [-0.2, -0.15) is 5.26 Å². The van der Waals surface area contributed by atoms with Crippen LogP contribution >= 0.6 is 35.0 Å². The lowest BCUT2D eigenvalue weighted by molar-refractivity contribution is 0.182. The zero-order valence-electron chi connectivity index (χ0n) is 13.6. The predicted molar refractivity (Wildman–Crippen MR) is 101 cm³/mol. The minimum atomic E-state index is -0.470. The smallest absolute Gasteiger partial charge is 0.277 e. The Bertz CT molecular complexity index is 956. The number of hydrogen-bond donors (Lipinski definition) is 0. The number of nitriles is 1. The molecule has 0 spiro atoms. The standard InChI is InChI=1S/C18H13Cl2N3O2S/c1-11(24-16-7-6-14(19)8-15(16)20)17-22-23-18(25-17)26-10-13-5-3-2-4-12(13)9-21/h2-8,11H,10H2,1H3/t11-/m1/s1. The Morgan fingerprint density at radius 2 is 2.04 bits per heavy atom. The van der Waals surface area contributed by atoms with Crippen molar-refractivity contribution in [1.29, 1.82) is 5.26 Å². The van der Waals surface area contributed by atoms with E-state index in [1.807, 2.05) is 18.2 Å². The van der Waals surface area contributed by atoms with Crippen LogP contribution in [0.5, 0.6) is 5.75 Å². The molecule has 0 aliphatic heterocycles. The highest BCUT2D eigenvalue weighted by atomic mass is 35.5. The zero-order valence-corrected chi connectivity index (χ0v) is 16.0. The fraction of sp³-hybridized carbons (Fsp3) is 0.167. The molecule has 132 valence electrons. The van der Waals surface area contributed by atoms with Crippen LogP contribution < -0.4 is 4.74 Å². The first-order chi connectivity index (χ1) is 12.6. The van der Waals surface area contributed by atoms with E-state index in [9.17, 15) is 0 Å². The molecule has 3 rings (SSSR count). The maximum Gasteiger partial charge on any atom is 0.277 e. The predicted octanol–water partition coefficient (Wildman–Crippen LogP) is 5.68. The Labute approximate surface area is 164 Å². The molecule has 0 saturated carbocycles. The van der Waals surface area contributed by atoms with Gasteiger partial charge in [-0.25, -0.2) is 0 Å². The van der Waals surface area contributed by atoms with Crippen molar-refractivity contribution in [2.45, 2.75) is 24.0 Å². The summed E-state index contributed by atoms with van der Waals surface area (Å²) in [7, 11) is 0. The van der Waals surface area contributed by atoms with Gasteiger partial charge in [0.25, 0.3) is 11.1 Å². The molecule has 0 amide bonds. The summed E-state index contributed by atoms with van der Waals surface area (Å²) in [5.41, 5.74) is 1.55. The average Bonchev–Trinajstić information content (AvgIpc) is 3.11. The first-order valence-electron chi connectivity index (χ1n) is 7.62. The van der Waals surface area contributed by atoms with Gasteiger partial charge in [0.1, 0.15) is 5.75 Å². The van der Waals surface area contributed by atoms with Crippen LogP contribution in [-0.2, 0) is 5.75 Å². The van der Waals surface area contributed by atoms with E-state index in [0.717, 1.165) is 5.56 Å². The molecule has 0 saturated heterocycles. The van der Waals surface area contributed by atoms with Gasteiger partial charge < -0.3 is 9.15 Å². The Balaban J connectivity index is 1.64. The highest BCUT2D eigenvalue weighted by molar-refractivity contribution is 7.98. The maximum atomic E-state index is 9.13. The number of ether oxygens (including phenoxy) is 1. The fourth-order valence-corrected chi connectivity index (χ4v) is 3.38. The molecule has 0 radical (unpaired) electrons. The molecular weight excluding hydrogens is 393 g/mol.